The molecule has 6 heteroatoms. The van der Waals surface area contributed by atoms with Gasteiger partial charge in [-0.1, -0.05) is 18.2 Å². The number of nitrogens with zero attached hydrogens (tertiary/aromatic N) is 1. The predicted octanol–water partition coefficient (Wildman–Crippen LogP) is 2.86. The number of hydrogen-bond donors (Lipinski definition) is 2. The van der Waals surface area contributed by atoms with Gasteiger partial charge in [-0.2, -0.15) is 0 Å². The van der Waals surface area contributed by atoms with E-state index >= 15 is 0 Å². The molecule has 0 radical (unpaired) electrons. The molecule has 0 aliphatic carbocycles. The minimum absolute atomic E-state index is 0.0817. The van der Waals surface area contributed by atoms with Gasteiger partial charge in [0, 0.05) is 6.42 Å². The molecule has 1 amide bonds. The monoisotopic (exact) mass is 309 g/mol. The molecular formula is C17H15N3O3. The molecule has 0 unspecified atom stereocenters. The van der Waals surface area contributed by atoms with Crippen LogP contribution >= 0.6 is 0 Å². The molecule has 3 aromatic rings. The number of benzene rings is 2. The standard InChI is InChI=1S/C17H15N3O3/c21-16(20-17-18-12-3-1-2-4-13(12)19-17)8-6-11-5-7-14-15(9-11)23-10-22-14/h1-5,7,9H,6,8,10H2,(H2,18,19,20,21). The molecule has 116 valence electrons. The van der Waals surface area contributed by atoms with Crippen molar-refractivity contribution in [1.82, 2.24) is 9.97 Å². The van der Waals surface area contributed by atoms with E-state index < -0.39 is 0 Å². The first-order valence-corrected chi connectivity index (χ1v) is 7.41. The van der Waals surface area contributed by atoms with Crippen LogP contribution in [0.4, 0.5) is 5.95 Å². The maximum absolute atomic E-state index is 12.1. The molecule has 1 aliphatic heterocycles. The van der Waals surface area contributed by atoms with Crippen molar-refractivity contribution in [2.24, 2.45) is 0 Å². The van der Waals surface area contributed by atoms with Gasteiger partial charge in [0.25, 0.3) is 0 Å². The lowest BCUT2D eigenvalue weighted by molar-refractivity contribution is -0.116. The molecule has 2 heterocycles. The zero-order chi connectivity index (χ0) is 15.6. The zero-order valence-corrected chi connectivity index (χ0v) is 12.3. The molecule has 2 N–H and O–H groups in total. The van der Waals surface area contributed by atoms with Gasteiger partial charge in [0.1, 0.15) is 0 Å². The summed E-state index contributed by atoms with van der Waals surface area (Å²) in [6, 6.07) is 13.4. The SMILES string of the molecule is O=C(CCc1ccc2c(c1)OCO2)Nc1nc2ccccc2[nH]1. The molecule has 0 spiro atoms. The van der Waals surface area contributed by atoms with Crippen molar-refractivity contribution in [3.63, 3.8) is 0 Å². The van der Waals surface area contributed by atoms with Crippen LogP contribution in [0.15, 0.2) is 42.5 Å². The summed E-state index contributed by atoms with van der Waals surface area (Å²) in [6.07, 6.45) is 0.999. The smallest absolute Gasteiger partial charge is 0.231 e. The Hall–Kier alpha value is -3.02. The number of fused-ring (bicyclic) bond motifs is 2. The molecule has 2 aromatic carbocycles. The lowest BCUT2D eigenvalue weighted by atomic mass is 10.1. The molecule has 1 aliphatic rings. The van der Waals surface area contributed by atoms with Gasteiger partial charge in [-0.3, -0.25) is 10.1 Å². The third-order valence-electron chi connectivity index (χ3n) is 3.72. The fourth-order valence-corrected chi connectivity index (χ4v) is 2.56. The Labute approximate surface area is 132 Å². The van der Waals surface area contributed by atoms with Crippen LogP contribution in [0.2, 0.25) is 0 Å². The van der Waals surface area contributed by atoms with Crippen LogP contribution < -0.4 is 14.8 Å². The van der Waals surface area contributed by atoms with Crippen molar-refractivity contribution < 1.29 is 14.3 Å². The summed E-state index contributed by atoms with van der Waals surface area (Å²) in [5, 5.41) is 2.79. The Balaban J connectivity index is 1.38. The van der Waals surface area contributed by atoms with Crippen molar-refractivity contribution in [2.75, 3.05) is 12.1 Å². The highest BCUT2D eigenvalue weighted by molar-refractivity contribution is 5.91. The van der Waals surface area contributed by atoms with Crippen LogP contribution in [0.3, 0.4) is 0 Å². The quantitative estimate of drug-likeness (QED) is 0.777. The van der Waals surface area contributed by atoms with E-state index in [4.69, 9.17) is 9.47 Å². The van der Waals surface area contributed by atoms with Crippen LogP contribution in [0.1, 0.15) is 12.0 Å². The molecule has 4 rings (SSSR count). The summed E-state index contributed by atoms with van der Waals surface area (Å²) in [5.74, 6) is 1.88. The van der Waals surface area contributed by atoms with E-state index in [2.05, 4.69) is 15.3 Å². The van der Waals surface area contributed by atoms with Crippen molar-refractivity contribution in [1.29, 1.82) is 0 Å². The number of para-hydroxylation sites is 2. The summed E-state index contributed by atoms with van der Waals surface area (Å²) in [4.78, 5) is 19.5. The molecule has 0 bridgehead atoms. The van der Waals surface area contributed by atoms with Gasteiger partial charge in [0.15, 0.2) is 11.5 Å². The average Bonchev–Trinajstić information content (AvgIpc) is 3.18. The number of anilines is 1. The van der Waals surface area contributed by atoms with Crippen LogP contribution in [-0.2, 0) is 11.2 Å². The molecule has 23 heavy (non-hydrogen) atoms. The van der Waals surface area contributed by atoms with E-state index in [1.54, 1.807) is 0 Å². The summed E-state index contributed by atoms with van der Waals surface area (Å²) in [7, 11) is 0. The Kier molecular flexibility index (Phi) is 3.34. The Bertz CT molecular complexity index is 839. The van der Waals surface area contributed by atoms with Crippen molar-refractivity contribution in [2.45, 2.75) is 12.8 Å². The maximum Gasteiger partial charge on any atom is 0.231 e. The van der Waals surface area contributed by atoms with Gasteiger partial charge in [-0.05, 0) is 36.2 Å². The number of H-pyrrole nitrogens is 1. The number of ether oxygens (including phenoxy) is 2. The largest absolute Gasteiger partial charge is 0.454 e. The van der Waals surface area contributed by atoms with Crippen LogP contribution in [0.5, 0.6) is 11.5 Å². The van der Waals surface area contributed by atoms with E-state index in [-0.39, 0.29) is 12.7 Å². The Morgan fingerprint density at radius 3 is 2.96 bits per heavy atom. The summed E-state index contributed by atoms with van der Waals surface area (Å²) < 4.78 is 10.6. The summed E-state index contributed by atoms with van der Waals surface area (Å²) in [5.41, 5.74) is 2.77. The fourth-order valence-electron chi connectivity index (χ4n) is 2.56. The number of aromatic nitrogens is 2. The van der Waals surface area contributed by atoms with Crippen molar-refractivity contribution >= 4 is 22.9 Å². The van der Waals surface area contributed by atoms with E-state index in [1.807, 2.05) is 42.5 Å². The number of amides is 1. The average molecular weight is 309 g/mol. The highest BCUT2D eigenvalue weighted by Gasteiger charge is 2.14. The first kappa shape index (κ1) is 13.6. The second-order valence-corrected chi connectivity index (χ2v) is 5.34. The molecule has 0 saturated heterocycles. The second-order valence-electron chi connectivity index (χ2n) is 5.34. The number of aryl methyl sites for hydroxylation is 1. The third-order valence-corrected chi connectivity index (χ3v) is 3.72. The van der Waals surface area contributed by atoms with Crippen molar-refractivity contribution in [3.8, 4) is 11.5 Å². The lowest BCUT2D eigenvalue weighted by Crippen LogP contribution is -2.13. The van der Waals surface area contributed by atoms with Gasteiger partial charge in [-0.15, -0.1) is 0 Å². The second kappa shape index (κ2) is 5.64. The van der Waals surface area contributed by atoms with E-state index in [1.165, 1.54) is 0 Å². The number of nitrogens with one attached hydrogen (secondary N) is 2. The van der Waals surface area contributed by atoms with Gasteiger partial charge < -0.3 is 14.5 Å². The lowest BCUT2D eigenvalue weighted by Gasteiger charge is -2.03. The van der Waals surface area contributed by atoms with Gasteiger partial charge in [0.05, 0.1) is 11.0 Å². The molecule has 1 aromatic heterocycles. The van der Waals surface area contributed by atoms with Crippen LogP contribution in [0, 0.1) is 0 Å². The minimum Gasteiger partial charge on any atom is -0.454 e. The first-order chi connectivity index (χ1) is 11.3. The number of carbonyl (C=O) groups is 1. The van der Waals surface area contributed by atoms with Crippen molar-refractivity contribution in [3.05, 3.63) is 48.0 Å². The van der Waals surface area contributed by atoms with Crippen LogP contribution in [-0.4, -0.2) is 22.7 Å². The number of aromatic amines is 1. The van der Waals surface area contributed by atoms with Gasteiger partial charge in [0.2, 0.25) is 18.6 Å². The summed E-state index contributed by atoms with van der Waals surface area (Å²) in [6.45, 7) is 0.255. The molecule has 0 fully saturated rings. The predicted molar refractivity (Wildman–Crippen MR) is 85.6 cm³/mol. The topological polar surface area (TPSA) is 76.2 Å². The number of carbonyl (C=O) groups excluding carboxylic acids is 1. The van der Waals surface area contributed by atoms with E-state index in [0.29, 0.717) is 18.8 Å². The van der Waals surface area contributed by atoms with E-state index in [0.717, 1.165) is 28.1 Å². The molecule has 0 saturated carbocycles. The highest BCUT2D eigenvalue weighted by Crippen LogP contribution is 2.32. The Morgan fingerprint density at radius 1 is 1.17 bits per heavy atom. The zero-order valence-electron chi connectivity index (χ0n) is 12.3. The minimum atomic E-state index is -0.0817. The molecular weight excluding hydrogens is 294 g/mol. The van der Waals surface area contributed by atoms with Gasteiger partial charge in [-0.25, -0.2) is 4.98 Å². The third kappa shape index (κ3) is 2.83. The highest BCUT2D eigenvalue weighted by atomic mass is 16.7. The van der Waals surface area contributed by atoms with E-state index in [9.17, 15) is 4.79 Å². The molecule has 6 nitrogen and oxygen atoms in total. The van der Waals surface area contributed by atoms with Crippen LogP contribution in [0.25, 0.3) is 11.0 Å². The van der Waals surface area contributed by atoms with Gasteiger partial charge >= 0.3 is 0 Å². The number of imidazole rings is 1. The number of rotatable bonds is 4. The normalized spacial score (nSPS) is 12.5. The Morgan fingerprint density at radius 2 is 2.04 bits per heavy atom. The molecule has 0 atom stereocenters. The summed E-state index contributed by atoms with van der Waals surface area (Å²) >= 11 is 0. The fraction of sp³-hybridized carbons (Fsp3) is 0.176. The maximum atomic E-state index is 12.1. The first-order valence-electron chi connectivity index (χ1n) is 7.41. The number of hydrogen-bond acceptors (Lipinski definition) is 4.